The van der Waals surface area contributed by atoms with Crippen molar-refractivity contribution in [1.29, 1.82) is 0 Å². The number of hydrogen-bond donors (Lipinski definition) is 1. The molecule has 6 heteroatoms. The van der Waals surface area contributed by atoms with E-state index in [1.165, 1.54) is 12.8 Å². The van der Waals surface area contributed by atoms with Gasteiger partial charge in [0.15, 0.2) is 0 Å². The molecule has 1 aromatic rings. The van der Waals surface area contributed by atoms with E-state index in [4.69, 9.17) is 0 Å². The fourth-order valence-electron chi connectivity index (χ4n) is 2.51. The first-order chi connectivity index (χ1) is 9.07. The van der Waals surface area contributed by atoms with Crippen LogP contribution in [0.2, 0.25) is 0 Å². The van der Waals surface area contributed by atoms with Crippen molar-refractivity contribution in [3.63, 3.8) is 0 Å². The number of rotatable bonds is 5. The second-order valence-corrected chi connectivity index (χ2v) is 7.48. The van der Waals surface area contributed by atoms with Gasteiger partial charge in [0.1, 0.15) is 4.90 Å². The average molecular weight is 283 g/mol. The number of hydrogen-bond acceptors (Lipinski definition) is 3. The smallest absolute Gasteiger partial charge is 0.244 e. The van der Waals surface area contributed by atoms with E-state index in [-0.39, 0.29) is 0 Å². The largest absolute Gasteiger partial charge is 0.352 e. The number of aryl methyl sites for hydroxylation is 1. The Morgan fingerprint density at radius 1 is 1.32 bits per heavy atom. The molecule has 1 aromatic heterocycles. The van der Waals surface area contributed by atoms with E-state index < -0.39 is 10.0 Å². The van der Waals surface area contributed by atoms with Gasteiger partial charge in [-0.05, 0) is 31.7 Å². The summed E-state index contributed by atoms with van der Waals surface area (Å²) in [6, 6.07) is 2.44. The molecule has 0 radical (unpaired) electrons. The highest BCUT2D eigenvalue weighted by molar-refractivity contribution is 7.89. The Hall–Kier alpha value is -0.850. The van der Waals surface area contributed by atoms with Crippen molar-refractivity contribution in [2.45, 2.75) is 43.2 Å². The molecule has 0 unspecified atom stereocenters. The predicted molar refractivity (Wildman–Crippen MR) is 73.3 cm³/mol. The van der Waals surface area contributed by atoms with Crippen LogP contribution in [-0.4, -0.2) is 36.4 Å². The van der Waals surface area contributed by atoms with E-state index in [0.717, 1.165) is 25.1 Å². The topological polar surface area (TPSA) is 54.3 Å². The van der Waals surface area contributed by atoms with Crippen LogP contribution < -0.4 is 5.32 Å². The Labute approximate surface area is 114 Å². The van der Waals surface area contributed by atoms with E-state index in [1.807, 2.05) is 17.7 Å². The summed E-state index contributed by atoms with van der Waals surface area (Å²) in [5.74, 6) is 0. The first kappa shape index (κ1) is 13.1. The quantitative estimate of drug-likeness (QED) is 0.879. The van der Waals surface area contributed by atoms with Gasteiger partial charge in [0.05, 0.1) is 0 Å². The van der Waals surface area contributed by atoms with E-state index in [9.17, 15) is 8.42 Å². The van der Waals surface area contributed by atoms with Gasteiger partial charge in [0.25, 0.3) is 0 Å². The van der Waals surface area contributed by atoms with Crippen LogP contribution in [0.1, 0.15) is 31.4 Å². The van der Waals surface area contributed by atoms with Crippen LogP contribution in [0.15, 0.2) is 17.2 Å². The van der Waals surface area contributed by atoms with Crippen LogP contribution in [0.5, 0.6) is 0 Å². The predicted octanol–water partition coefficient (Wildman–Crippen LogP) is 1.06. The Kier molecular flexibility index (Phi) is 3.41. The summed E-state index contributed by atoms with van der Waals surface area (Å²) < 4.78 is 28.4. The minimum absolute atomic E-state index is 0.435. The fourth-order valence-corrected chi connectivity index (χ4v) is 4.12. The number of nitrogens with zero attached hydrogens (tertiary/aromatic N) is 2. The standard InChI is InChI=1S/C13H21N3O2S/c1-15-10-13(8-12(15)9-14-11-4-5-11)19(17,18)16-6-2-3-7-16/h8,10-11,14H,2-7,9H2,1H3. The lowest BCUT2D eigenvalue weighted by molar-refractivity contribution is 0.477. The van der Waals surface area contributed by atoms with E-state index in [1.54, 1.807) is 10.5 Å². The van der Waals surface area contributed by atoms with Gasteiger partial charge in [-0.15, -0.1) is 0 Å². The van der Waals surface area contributed by atoms with Crippen LogP contribution in [0, 0.1) is 0 Å². The third-order valence-corrected chi connectivity index (χ3v) is 5.80. The highest BCUT2D eigenvalue weighted by Gasteiger charge is 2.28. The summed E-state index contributed by atoms with van der Waals surface area (Å²) in [6.07, 6.45) is 6.16. The number of sulfonamides is 1. The summed E-state index contributed by atoms with van der Waals surface area (Å²) in [6.45, 7) is 2.07. The van der Waals surface area contributed by atoms with Crippen molar-refractivity contribution in [2.24, 2.45) is 7.05 Å². The first-order valence-electron chi connectivity index (χ1n) is 6.96. The summed E-state index contributed by atoms with van der Waals surface area (Å²) in [7, 11) is -1.37. The molecule has 1 saturated carbocycles. The fraction of sp³-hybridized carbons (Fsp3) is 0.692. The van der Waals surface area contributed by atoms with Crippen LogP contribution in [0.3, 0.4) is 0 Å². The van der Waals surface area contributed by atoms with Crippen LogP contribution in [0.4, 0.5) is 0 Å². The van der Waals surface area contributed by atoms with Gasteiger partial charge in [0, 0.05) is 44.6 Å². The maximum Gasteiger partial charge on any atom is 0.244 e. The molecule has 1 aliphatic carbocycles. The zero-order chi connectivity index (χ0) is 13.5. The summed E-state index contributed by atoms with van der Waals surface area (Å²) in [5.41, 5.74) is 1.03. The minimum atomic E-state index is -3.28. The molecular weight excluding hydrogens is 262 g/mol. The van der Waals surface area contributed by atoms with E-state index in [2.05, 4.69) is 5.32 Å². The normalized spacial score (nSPS) is 21.1. The van der Waals surface area contributed by atoms with Gasteiger partial charge in [-0.3, -0.25) is 0 Å². The van der Waals surface area contributed by atoms with Gasteiger partial charge in [-0.1, -0.05) is 0 Å². The molecular formula is C13H21N3O2S. The van der Waals surface area contributed by atoms with Crippen LogP contribution in [-0.2, 0) is 23.6 Å². The highest BCUT2D eigenvalue weighted by Crippen LogP contribution is 2.23. The van der Waals surface area contributed by atoms with E-state index in [0.29, 0.717) is 24.0 Å². The molecule has 0 aromatic carbocycles. The Morgan fingerprint density at radius 3 is 2.63 bits per heavy atom. The minimum Gasteiger partial charge on any atom is -0.352 e. The molecule has 106 valence electrons. The molecule has 2 heterocycles. The second-order valence-electron chi connectivity index (χ2n) is 5.54. The zero-order valence-electron chi connectivity index (χ0n) is 11.3. The van der Waals surface area contributed by atoms with Crippen molar-refractivity contribution in [3.8, 4) is 0 Å². The van der Waals surface area contributed by atoms with Crippen molar-refractivity contribution < 1.29 is 8.42 Å². The molecule has 19 heavy (non-hydrogen) atoms. The first-order valence-corrected chi connectivity index (χ1v) is 8.40. The lowest BCUT2D eigenvalue weighted by atomic mass is 10.4. The summed E-state index contributed by atoms with van der Waals surface area (Å²) in [5, 5.41) is 3.42. The highest BCUT2D eigenvalue weighted by atomic mass is 32.2. The Bertz CT molecular complexity index is 554. The Balaban J connectivity index is 1.78. The van der Waals surface area contributed by atoms with Gasteiger partial charge < -0.3 is 9.88 Å². The molecule has 2 aliphatic rings. The molecule has 5 nitrogen and oxygen atoms in total. The lowest BCUT2D eigenvalue weighted by Gasteiger charge is -2.13. The molecule has 1 N–H and O–H groups in total. The van der Waals surface area contributed by atoms with Gasteiger partial charge >= 0.3 is 0 Å². The number of nitrogens with one attached hydrogen (secondary N) is 1. The second kappa shape index (κ2) is 4.92. The van der Waals surface area contributed by atoms with Crippen molar-refractivity contribution in [2.75, 3.05) is 13.1 Å². The lowest BCUT2D eigenvalue weighted by Crippen LogP contribution is -2.27. The third kappa shape index (κ3) is 2.70. The van der Waals surface area contributed by atoms with Gasteiger partial charge in [-0.25, -0.2) is 8.42 Å². The summed E-state index contributed by atoms with van der Waals surface area (Å²) >= 11 is 0. The number of aromatic nitrogens is 1. The molecule has 0 atom stereocenters. The van der Waals surface area contributed by atoms with Gasteiger partial charge in [-0.2, -0.15) is 4.31 Å². The maximum atomic E-state index is 12.4. The maximum absolute atomic E-state index is 12.4. The van der Waals surface area contributed by atoms with Crippen molar-refractivity contribution in [3.05, 3.63) is 18.0 Å². The van der Waals surface area contributed by atoms with Crippen LogP contribution >= 0.6 is 0 Å². The van der Waals surface area contributed by atoms with Gasteiger partial charge in [0.2, 0.25) is 10.0 Å². The molecule has 3 rings (SSSR count). The molecule has 2 fully saturated rings. The van der Waals surface area contributed by atoms with E-state index >= 15 is 0 Å². The third-order valence-electron chi connectivity index (χ3n) is 3.93. The van der Waals surface area contributed by atoms with Crippen molar-refractivity contribution in [1.82, 2.24) is 14.2 Å². The average Bonchev–Trinajstić information content (AvgIpc) is 2.90. The van der Waals surface area contributed by atoms with Crippen LogP contribution in [0.25, 0.3) is 0 Å². The molecule has 0 amide bonds. The zero-order valence-corrected chi connectivity index (χ0v) is 12.1. The molecule has 0 spiro atoms. The molecule has 0 bridgehead atoms. The Morgan fingerprint density at radius 2 is 2.00 bits per heavy atom. The van der Waals surface area contributed by atoms with Crippen molar-refractivity contribution >= 4 is 10.0 Å². The summed E-state index contributed by atoms with van der Waals surface area (Å²) in [4.78, 5) is 0.435. The molecule has 1 saturated heterocycles. The molecule has 1 aliphatic heterocycles. The monoisotopic (exact) mass is 283 g/mol. The SMILES string of the molecule is Cn1cc(S(=O)(=O)N2CCCC2)cc1CNC1CC1.